The van der Waals surface area contributed by atoms with E-state index in [4.69, 9.17) is 21.7 Å². The lowest BCUT2D eigenvalue weighted by Crippen LogP contribution is -2.29. The van der Waals surface area contributed by atoms with E-state index in [-0.39, 0.29) is 17.5 Å². The SMILES string of the molecule is COc1cc(OC)nc(CNC(=S)Nc2cc(C)ccc2F)n1. The van der Waals surface area contributed by atoms with Gasteiger partial charge in [0.2, 0.25) is 11.8 Å². The summed E-state index contributed by atoms with van der Waals surface area (Å²) in [6.07, 6.45) is 0. The first kappa shape index (κ1) is 16.9. The Kier molecular flexibility index (Phi) is 5.64. The van der Waals surface area contributed by atoms with Crippen molar-refractivity contribution in [2.45, 2.75) is 13.5 Å². The summed E-state index contributed by atoms with van der Waals surface area (Å²) in [5, 5.41) is 5.98. The maximum absolute atomic E-state index is 13.7. The second-order valence-electron chi connectivity index (χ2n) is 4.66. The van der Waals surface area contributed by atoms with Gasteiger partial charge < -0.3 is 20.1 Å². The summed E-state index contributed by atoms with van der Waals surface area (Å²) in [6.45, 7) is 2.12. The molecule has 8 heteroatoms. The van der Waals surface area contributed by atoms with E-state index in [9.17, 15) is 4.39 Å². The van der Waals surface area contributed by atoms with Crippen LogP contribution in [0.25, 0.3) is 0 Å². The van der Waals surface area contributed by atoms with Crippen molar-refractivity contribution in [3.63, 3.8) is 0 Å². The maximum atomic E-state index is 13.7. The highest BCUT2D eigenvalue weighted by Gasteiger charge is 2.08. The van der Waals surface area contributed by atoms with Crippen LogP contribution < -0.4 is 20.1 Å². The number of thiocarbonyl (C=S) groups is 1. The fraction of sp³-hybridized carbons (Fsp3) is 0.267. The second kappa shape index (κ2) is 7.68. The third-order valence-corrected chi connectivity index (χ3v) is 3.17. The van der Waals surface area contributed by atoms with Gasteiger partial charge in [0.1, 0.15) is 5.82 Å². The van der Waals surface area contributed by atoms with Crippen LogP contribution in [0.2, 0.25) is 0 Å². The normalized spacial score (nSPS) is 10.1. The van der Waals surface area contributed by atoms with E-state index < -0.39 is 0 Å². The van der Waals surface area contributed by atoms with Crippen LogP contribution in [-0.4, -0.2) is 29.3 Å². The maximum Gasteiger partial charge on any atom is 0.220 e. The molecule has 6 nitrogen and oxygen atoms in total. The van der Waals surface area contributed by atoms with E-state index >= 15 is 0 Å². The molecule has 0 radical (unpaired) electrons. The molecule has 0 spiro atoms. The number of halogens is 1. The third kappa shape index (κ3) is 4.75. The molecule has 0 bridgehead atoms. The van der Waals surface area contributed by atoms with E-state index in [1.54, 1.807) is 18.2 Å². The Morgan fingerprint density at radius 2 is 1.83 bits per heavy atom. The van der Waals surface area contributed by atoms with Crippen molar-refractivity contribution >= 4 is 23.0 Å². The number of benzene rings is 1. The summed E-state index contributed by atoms with van der Waals surface area (Å²) in [6, 6.07) is 6.32. The molecule has 0 saturated heterocycles. The van der Waals surface area contributed by atoms with E-state index in [2.05, 4.69) is 20.6 Å². The van der Waals surface area contributed by atoms with Gasteiger partial charge in [-0.05, 0) is 36.8 Å². The zero-order valence-corrected chi connectivity index (χ0v) is 13.8. The first-order valence-corrected chi connectivity index (χ1v) is 7.19. The molecule has 0 atom stereocenters. The van der Waals surface area contributed by atoms with E-state index in [0.29, 0.717) is 23.3 Å². The molecule has 0 unspecified atom stereocenters. The van der Waals surface area contributed by atoms with Gasteiger partial charge in [0, 0.05) is 0 Å². The topological polar surface area (TPSA) is 68.3 Å². The third-order valence-electron chi connectivity index (χ3n) is 2.92. The van der Waals surface area contributed by atoms with Crippen LogP contribution in [-0.2, 0) is 6.54 Å². The Hall–Kier alpha value is -2.48. The molecule has 2 aromatic rings. The first-order chi connectivity index (χ1) is 11.0. The summed E-state index contributed by atoms with van der Waals surface area (Å²) < 4.78 is 23.8. The van der Waals surface area contributed by atoms with Crippen LogP contribution in [0, 0.1) is 12.7 Å². The van der Waals surface area contributed by atoms with Crippen molar-refractivity contribution in [2.24, 2.45) is 0 Å². The zero-order chi connectivity index (χ0) is 16.8. The molecular formula is C15H17FN4O2S. The Bertz CT molecular complexity index is 690. The molecule has 122 valence electrons. The molecular weight excluding hydrogens is 319 g/mol. The molecule has 0 amide bonds. The van der Waals surface area contributed by atoms with Crippen molar-refractivity contribution < 1.29 is 13.9 Å². The Balaban J connectivity index is 2.00. The van der Waals surface area contributed by atoms with Gasteiger partial charge in [-0.3, -0.25) is 0 Å². The fourth-order valence-electron chi connectivity index (χ4n) is 1.80. The average Bonchev–Trinajstić information content (AvgIpc) is 2.56. The zero-order valence-electron chi connectivity index (χ0n) is 13.0. The number of nitrogens with one attached hydrogen (secondary N) is 2. The first-order valence-electron chi connectivity index (χ1n) is 6.78. The van der Waals surface area contributed by atoms with Gasteiger partial charge in [-0.15, -0.1) is 0 Å². The molecule has 23 heavy (non-hydrogen) atoms. The summed E-state index contributed by atoms with van der Waals surface area (Å²) in [4.78, 5) is 8.35. The van der Waals surface area contributed by atoms with Crippen LogP contribution in [0.5, 0.6) is 11.8 Å². The number of anilines is 1. The molecule has 0 fully saturated rings. The summed E-state index contributed by atoms with van der Waals surface area (Å²) >= 11 is 5.15. The predicted octanol–water partition coefficient (Wildman–Crippen LogP) is 2.43. The van der Waals surface area contributed by atoms with Crippen LogP contribution >= 0.6 is 12.2 Å². The molecule has 1 heterocycles. The number of rotatable bonds is 5. The van der Waals surface area contributed by atoms with Crippen LogP contribution in [0.3, 0.4) is 0 Å². The summed E-state index contributed by atoms with van der Waals surface area (Å²) in [7, 11) is 3.01. The van der Waals surface area contributed by atoms with Crippen LogP contribution in [0.15, 0.2) is 24.3 Å². The monoisotopic (exact) mass is 336 g/mol. The minimum Gasteiger partial charge on any atom is -0.481 e. The fourth-order valence-corrected chi connectivity index (χ4v) is 1.98. The summed E-state index contributed by atoms with van der Waals surface area (Å²) in [5.74, 6) is 0.837. The minimum atomic E-state index is -0.376. The molecule has 1 aromatic carbocycles. The molecule has 2 N–H and O–H groups in total. The number of nitrogens with zero attached hydrogens (tertiary/aromatic N) is 2. The van der Waals surface area contributed by atoms with Crippen molar-refractivity contribution in [2.75, 3.05) is 19.5 Å². The lowest BCUT2D eigenvalue weighted by atomic mass is 10.2. The largest absolute Gasteiger partial charge is 0.481 e. The Morgan fingerprint density at radius 3 is 2.43 bits per heavy atom. The molecule has 0 aliphatic carbocycles. The number of hydrogen-bond acceptors (Lipinski definition) is 5. The number of aromatic nitrogens is 2. The van der Waals surface area contributed by atoms with Gasteiger partial charge in [0.25, 0.3) is 0 Å². The predicted molar refractivity (Wildman–Crippen MR) is 89.3 cm³/mol. The van der Waals surface area contributed by atoms with Crippen molar-refractivity contribution in [3.05, 3.63) is 41.5 Å². The number of aryl methyl sites for hydroxylation is 1. The van der Waals surface area contributed by atoms with Gasteiger partial charge in [0.15, 0.2) is 10.9 Å². The van der Waals surface area contributed by atoms with Gasteiger partial charge in [0.05, 0.1) is 32.5 Å². The standard InChI is InChI=1S/C15H17FN4O2S/c1-9-4-5-10(16)11(6-9)18-15(23)17-8-12-19-13(21-2)7-14(20-12)22-3/h4-7H,8H2,1-3H3,(H2,17,18,23). The van der Waals surface area contributed by atoms with Crippen molar-refractivity contribution in [1.82, 2.24) is 15.3 Å². The number of ether oxygens (including phenoxy) is 2. The van der Waals surface area contributed by atoms with Crippen LogP contribution in [0.1, 0.15) is 11.4 Å². The molecule has 0 aliphatic rings. The van der Waals surface area contributed by atoms with Crippen molar-refractivity contribution in [3.8, 4) is 11.8 Å². The smallest absolute Gasteiger partial charge is 0.220 e. The number of hydrogen-bond donors (Lipinski definition) is 2. The quantitative estimate of drug-likeness (QED) is 0.813. The molecule has 0 aliphatic heterocycles. The average molecular weight is 336 g/mol. The highest BCUT2D eigenvalue weighted by molar-refractivity contribution is 7.80. The van der Waals surface area contributed by atoms with Crippen molar-refractivity contribution in [1.29, 1.82) is 0 Å². The lowest BCUT2D eigenvalue weighted by molar-refractivity contribution is 0.368. The summed E-state index contributed by atoms with van der Waals surface area (Å²) in [5.41, 5.74) is 1.24. The van der Waals surface area contributed by atoms with Gasteiger partial charge in [-0.1, -0.05) is 6.07 Å². The highest BCUT2D eigenvalue weighted by atomic mass is 32.1. The van der Waals surface area contributed by atoms with Gasteiger partial charge in [-0.2, -0.15) is 9.97 Å². The Morgan fingerprint density at radius 1 is 1.17 bits per heavy atom. The molecule has 2 rings (SSSR count). The number of methoxy groups -OCH3 is 2. The van der Waals surface area contributed by atoms with E-state index in [0.717, 1.165) is 5.56 Å². The minimum absolute atomic E-state index is 0.243. The van der Waals surface area contributed by atoms with E-state index in [1.165, 1.54) is 20.3 Å². The highest BCUT2D eigenvalue weighted by Crippen LogP contribution is 2.16. The second-order valence-corrected chi connectivity index (χ2v) is 5.07. The van der Waals surface area contributed by atoms with Crippen LogP contribution in [0.4, 0.5) is 10.1 Å². The van der Waals surface area contributed by atoms with Gasteiger partial charge in [-0.25, -0.2) is 4.39 Å². The Labute approximate surface area is 139 Å². The molecule has 1 aromatic heterocycles. The van der Waals surface area contributed by atoms with Gasteiger partial charge >= 0.3 is 0 Å². The lowest BCUT2D eigenvalue weighted by Gasteiger charge is -2.12. The van der Waals surface area contributed by atoms with E-state index in [1.807, 2.05) is 6.92 Å². The molecule has 0 saturated carbocycles.